The van der Waals surface area contributed by atoms with Gasteiger partial charge < -0.3 is 19.0 Å². The minimum absolute atomic E-state index is 0.228. The zero-order chi connectivity index (χ0) is 20.6. The normalized spacial score (nSPS) is 24.7. The van der Waals surface area contributed by atoms with Gasteiger partial charge in [0.15, 0.2) is 17.9 Å². The molecule has 1 N–H and O–H groups in total. The standard InChI is InChI=1S/C23H32N2O4/c1-23(2,3)10-16-11-25-6-5-15-7-22(29-13-17-12-28-14-24-17)21(27-4)8-18(15)19(25)9-20(16)26/h7-8,12,14,16,19-20,26H,5-6,9-11,13H2,1-4H3. The van der Waals surface area contributed by atoms with Gasteiger partial charge in [-0.1, -0.05) is 20.8 Å². The Hall–Kier alpha value is -2.05. The van der Waals surface area contributed by atoms with Crippen molar-refractivity contribution < 1.29 is 19.0 Å². The highest BCUT2D eigenvalue weighted by Gasteiger charge is 2.39. The molecule has 1 saturated heterocycles. The lowest BCUT2D eigenvalue weighted by molar-refractivity contribution is -0.0259. The summed E-state index contributed by atoms with van der Waals surface area (Å²) in [5, 5.41) is 10.9. The van der Waals surface area contributed by atoms with Crippen LogP contribution in [0.25, 0.3) is 0 Å². The number of methoxy groups -OCH3 is 1. The highest BCUT2D eigenvalue weighted by atomic mass is 16.5. The Kier molecular flexibility index (Phi) is 5.58. The molecule has 3 unspecified atom stereocenters. The van der Waals surface area contributed by atoms with Crippen molar-refractivity contribution in [3.05, 3.63) is 41.6 Å². The van der Waals surface area contributed by atoms with Crippen molar-refractivity contribution >= 4 is 0 Å². The van der Waals surface area contributed by atoms with Crippen LogP contribution in [-0.4, -0.2) is 41.3 Å². The van der Waals surface area contributed by atoms with E-state index in [0.29, 0.717) is 12.5 Å². The SMILES string of the molecule is COc1cc2c(cc1OCc1cocn1)CCN1CC(CC(C)(C)C)C(O)CC21. The Labute approximate surface area is 172 Å². The van der Waals surface area contributed by atoms with Gasteiger partial charge in [-0.15, -0.1) is 0 Å². The largest absolute Gasteiger partial charge is 0.493 e. The third-order valence-corrected chi connectivity index (χ3v) is 6.11. The van der Waals surface area contributed by atoms with Crippen LogP contribution in [0.1, 0.15) is 56.5 Å². The molecule has 0 amide bonds. The molecule has 0 aliphatic carbocycles. The summed E-state index contributed by atoms with van der Waals surface area (Å²) in [6, 6.07) is 4.43. The van der Waals surface area contributed by atoms with E-state index in [-0.39, 0.29) is 17.6 Å². The summed E-state index contributed by atoms with van der Waals surface area (Å²) in [7, 11) is 1.67. The van der Waals surface area contributed by atoms with Crippen molar-refractivity contribution in [3.63, 3.8) is 0 Å². The van der Waals surface area contributed by atoms with E-state index < -0.39 is 0 Å². The minimum atomic E-state index is -0.268. The molecule has 6 nitrogen and oxygen atoms in total. The van der Waals surface area contributed by atoms with Gasteiger partial charge in [0.05, 0.1) is 13.2 Å². The second kappa shape index (κ2) is 8.00. The van der Waals surface area contributed by atoms with Crippen molar-refractivity contribution in [2.45, 2.75) is 58.8 Å². The highest BCUT2D eigenvalue weighted by Crippen LogP contribution is 2.44. The Morgan fingerprint density at radius 1 is 1.28 bits per heavy atom. The maximum absolute atomic E-state index is 10.9. The summed E-state index contributed by atoms with van der Waals surface area (Å²) in [5.74, 6) is 1.78. The van der Waals surface area contributed by atoms with E-state index in [1.807, 2.05) is 0 Å². The van der Waals surface area contributed by atoms with Crippen molar-refractivity contribution in [2.24, 2.45) is 11.3 Å². The fourth-order valence-corrected chi connectivity index (χ4v) is 4.82. The van der Waals surface area contributed by atoms with Crippen LogP contribution in [0.2, 0.25) is 0 Å². The number of piperidine rings is 1. The monoisotopic (exact) mass is 400 g/mol. The lowest BCUT2D eigenvalue weighted by atomic mass is 9.75. The summed E-state index contributed by atoms with van der Waals surface area (Å²) in [5.41, 5.74) is 3.51. The summed E-state index contributed by atoms with van der Waals surface area (Å²) in [6.45, 7) is 9.07. The Morgan fingerprint density at radius 3 is 2.79 bits per heavy atom. The maximum Gasteiger partial charge on any atom is 0.180 e. The molecule has 1 fully saturated rings. The molecule has 1 aromatic heterocycles. The Balaban J connectivity index is 1.54. The number of hydrogen-bond acceptors (Lipinski definition) is 6. The van der Waals surface area contributed by atoms with E-state index >= 15 is 0 Å². The number of oxazole rings is 1. The lowest BCUT2D eigenvalue weighted by Crippen LogP contribution is -2.48. The number of aliphatic hydroxyl groups is 1. The van der Waals surface area contributed by atoms with Gasteiger partial charge in [-0.25, -0.2) is 4.98 Å². The van der Waals surface area contributed by atoms with Gasteiger partial charge in [-0.3, -0.25) is 4.90 Å². The number of hydrogen-bond donors (Lipinski definition) is 1. The van der Waals surface area contributed by atoms with Crippen LogP contribution in [0.15, 0.2) is 29.2 Å². The van der Waals surface area contributed by atoms with Crippen LogP contribution in [0.4, 0.5) is 0 Å². The van der Waals surface area contributed by atoms with Crippen LogP contribution in [0, 0.1) is 11.3 Å². The fourth-order valence-electron chi connectivity index (χ4n) is 4.82. The lowest BCUT2D eigenvalue weighted by Gasteiger charge is -2.47. The van der Waals surface area contributed by atoms with Gasteiger partial charge >= 0.3 is 0 Å². The van der Waals surface area contributed by atoms with Crippen LogP contribution >= 0.6 is 0 Å². The van der Waals surface area contributed by atoms with Crippen LogP contribution in [-0.2, 0) is 13.0 Å². The highest BCUT2D eigenvalue weighted by molar-refractivity contribution is 5.49. The predicted octanol–water partition coefficient (Wildman–Crippen LogP) is 3.98. The molecular formula is C23H32N2O4. The third-order valence-electron chi connectivity index (χ3n) is 6.11. The molecule has 1 aromatic carbocycles. The van der Waals surface area contributed by atoms with Crippen molar-refractivity contribution in [2.75, 3.05) is 20.2 Å². The van der Waals surface area contributed by atoms with Crippen LogP contribution in [0.5, 0.6) is 11.5 Å². The molecule has 0 saturated carbocycles. The fraction of sp³-hybridized carbons (Fsp3) is 0.609. The number of aliphatic hydroxyl groups excluding tert-OH is 1. The first-order chi connectivity index (χ1) is 13.8. The molecule has 2 aliphatic heterocycles. The van der Waals surface area contributed by atoms with Crippen molar-refractivity contribution in [1.29, 1.82) is 0 Å². The first kappa shape index (κ1) is 20.2. The molecule has 2 aromatic rings. The molecule has 29 heavy (non-hydrogen) atoms. The van der Waals surface area contributed by atoms with Gasteiger partial charge in [0, 0.05) is 19.1 Å². The number of rotatable bonds is 5. The van der Waals surface area contributed by atoms with Gasteiger partial charge in [0.1, 0.15) is 18.6 Å². The summed E-state index contributed by atoms with van der Waals surface area (Å²) < 4.78 is 16.6. The molecule has 3 heterocycles. The minimum Gasteiger partial charge on any atom is -0.493 e. The topological polar surface area (TPSA) is 68.0 Å². The second-order valence-corrected chi connectivity index (χ2v) is 9.56. The third kappa shape index (κ3) is 4.43. The number of fused-ring (bicyclic) bond motifs is 3. The Morgan fingerprint density at radius 2 is 2.10 bits per heavy atom. The second-order valence-electron chi connectivity index (χ2n) is 9.56. The molecule has 3 atom stereocenters. The summed E-state index contributed by atoms with van der Waals surface area (Å²) in [6.07, 6.45) is 5.52. The smallest absolute Gasteiger partial charge is 0.180 e. The average Bonchev–Trinajstić information content (AvgIpc) is 3.19. The quantitative estimate of drug-likeness (QED) is 0.819. The molecule has 0 bridgehead atoms. The maximum atomic E-state index is 10.9. The molecule has 158 valence electrons. The molecular weight excluding hydrogens is 368 g/mol. The number of aromatic nitrogens is 1. The summed E-state index contributed by atoms with van der Waals surface area (Å²) in [4.78, 5) is 6.64. The number of ether oxygens (including phenoxy) is 2. The van der Waals surface area contributed by atoms with Crippen LogP contribution < -0.4 is 9.47 Å². The van der Waals surface area contributed by atoms with Crippen molar-refractivity contribution in [3.8, 4) is 11.5 Å². The molecule has 0 spiro atoms. The van der Waals surface area contributed by atoms with Gasteiger partial charge in [0.2, 0.25) is 0 Å². The molecule has 4 rings (SSSR count). The molecule has 0 radical (unpaired) electrons. The van der Waals surface area contributed by atoms with Crippen molar-refractivity contribution in [1.82, 2.24) is 9.88 Å². The van der Waals surface area contributed by atoms with E-state index in [1.165, 1.54) is 17.5 Å². The van der Waals surface area contributed by atoms with E-state index in [1.54, 1.807) is 13.4 Å². The number of nitrogens with zero attached hydrogens (tertiary/aromatic N) is 2. The Bertz CT molecular complexity index is 828. The van der Waals surface area contributed by atoms with E-state index in [2.05, 4.69) is 42.8 Å². The zero-order valence-corrected chi connectivity index (χ0v) is 17.9. The average molecular weight is 401 g/mol. The first-order valence-electron chi connectivity index (χ1n) is 10.5. The van der Waals surface area contributed by atoms with E-state index in [9.17, 15) is 5.11 Å². The van der Waals surface area contributed by atoms with Gasteiger partial charge in [-0.05, 0) is 53.9 Å². The van der Waals surface area contributed by atoms with Gasteiger partial charge in [0.25, 0.3) is 0 Å². The first-order valence-corrected chi connectivity index (χ1v) is 10.5. The van der Waals surface area contributed by atoms with E-state index in [4.69, 9.17) is 13.9 Å². The van der Waals surface area contributed by atoms with Gasteiger partial charge in [-0.2, -0.15) is 0 Å². The van der Waals surface area contributed by atoms with E-state index in [0.717, 1.165) is 49.5 Å². The zero-order valence-electron chi connectivity index (χ0n) is 17.9. The molecule has 2 aliphatic rings. The molecule has 6 heteroatoms. The predicted molar refractivity (Wildman–Crippen MR) is 110 cm³/mol. The number of benzene rings is 1. The van der Waals surface area contributed by atoms with Crippen LogP contribution in [0.3, 0.4) is 0 Å². The summed E-state index contributed by atoms with van der Waals surface area (Å²) >= 11 is 0.